The van der Waals surface area contributed by atoms with Gasteiger partial charge in [0.2, 0.25) is 21.8 Å². The Labute approximate surface area is 186 Å². The molecule has 2 aromatic carbocycles. The molecule has 0 unspecified atom stereocenters. The summed E-state index contributed by atoms with van der Waals surface area (Å²) in [5.74, 6) is -1.38. The van der Waals surface area contributed by atoms with Crippen LogP contribution in [-0.2, 0) is 32.7 Å². The van der Waals surface area contributed by atoms with E-state index in [0.717, 1.165) is 16.1 Å². The van der Waals surface area contributed by atoms with Gasteiger partial charge in [-0.15, -0.1) is 0 Å². The van der Waals surface area contributed by atoms with Crippen molar-refractivity contribution in [3.05, 3.63) is 70.5 Å². The van der Waals surface area contributed by atoms with Crippen molar-refractivity contribution in [2.45, 2.75) is 26.1 Å². The second-order valence-electron chi connectivity index (χ2n) is 7.19. The lowest BCUT2D eigenvalue weighted by atomic mass is 10.1. The van der Waals surface area contributed by atoms with Gasteiger partial charge in [-0.3, -0.25) is 9.59 Å². The Hall–Kier alpha value is -2.49. The second-order valence-corrected chi connectivity index (χ2v) is 9.71. The highest BCUT2D eigenvalue weighted by Crippen LogP contribution is 2.13. The summed E-state index contributed by atoms with van der Waals surface area (Å²) >= 11 is 5.86. The topological polar surface area (TPSA) is 86.8 Å². The quantitative estimate of drug-likeness (QED) is 0.611. The first kappa shape index (κ1) is 24.8. The van der Waals surface area contributed by atoms with Crippen LogP contribution in [0.15, 0.2) is 48.5 Å². The Morgan fingerprint density at radius 2 is 1.61 bits per heavy atom. The van der Waals surface area contributed by atoms with Crippen molar-refractivity contribution < 1.29 is 22.4 Å². The Bertz CT molecular complexity index is 1010. The Morgan fingerprint density at radius 1 is 1.06 bits per heavy atom. The summed E-state index contributed by atoms with van der Waals surface area (Å²) in [6, 6.07) is 11.6. The minimum atomic E-state index is -3.58. The Balaban J connectivity index is 2.16. The molecule has 0 saturated carbocycles. The fraction of sp³-hybridized carbons (Fsp3) is 0.333. The van der Waals surface area contributed by atoms with Crippen molar-refractivity contribution in [2.75, 3.05) is 19.8 Å². The Morgan fingerprint density at radius 3 is 2.16 bits per heavy atom. The van der Waals surface area contributed by atoms with Gasteiger partial charge in [0, 0.05) is 25.2 Å². The van der Waals surface area contributed by atoms with E-state index in [9.17, 15) is 22.4 Å². The van der Waals surface area contributed by atoms with E-state index in [1.807, 2.05) is 0 Å². The molecule has 168 valence electrons. The molecule has 0 heterocycles. The summed E-state index contributed by atoms with van der Waals surface area (Å²) in [5, 5.41) is 3.34. The molecule has 1 atom stereocenters. The lowest BCUT2D eigenvalue weighted by Crippen LogP contribution is -2.50. The van der Waals surface area contributed by atoms with E-state index >= 15 is 0 Å². The average molecular weight is 470 g/mol. The fourth-order valence-corrected chi connectivity index (χ4v) is 3.18. The van der Waals surface area contributed by atoms with Crippen LogP contribution < -0.4 is 5.32 Å². The molecule has 0 aromatic heterocycles. The van der Waals surface area contributed by atoms with Crippen LogP contribution in [0.4, 0.5) is 4.39 Å². The molecule has 7 nitrogen and oxygen atoms in total. The van der Waals surface area contributed by atoms with E-state index in [2.05, 4.69) is 5.32 Å². The highest BCUT2D eigenvalue weighted by atomic mass is 35.5. The van der Waals surface area contributed by atoms with Gasteiger partial charge in [0.15, 0.2) is 0 Å². The molecule has 0 bridgehead atoms. The molecule has 31 heavy (non-hydrogen) atoms. The number of halogens is 2. The summed E-state index contributed by atoms with van der Waals surface area (Å²) in [4.78, 5) is 26.9. The van der Waals surface area contributed by atoms with Gasteiger partial charge < -0.3 is 10.2 Å². The molecular formula is C21H25ClFN3O4S. The van der Waals surface area contributed by atoms with Crippen LogP contribution in [0, 0.1) is 5.82 Å². The molecule has 2 aromatic rings. The van der Waals surface area contributed by atoms with Crippen molar-refractivity contribution >= 4 is 33.4 Å². The molecule has 0 saturated heterocycles. The van der Waals surface area contributed by atoms with Crippen molar-refractivity contribution in [2.24, 2.45) is 0 Å². The molecule has 2 rings (SSSR count). The number of carbonyl (C=O) groups is 2. The number of hydrogen-bond donors (Lipinski definition) is 1. The molecule has 0 aliphatic carbocycles. The molecular weight excluding hydrogens is 445 g/mol. The number of nitrogens with zero attached hydrogens (tertiary/aromatic N) is 2. The van der Waals surface area contributed by atoms with E-state index in [1.54, 1.807) is 31.2 Å². The highest BCUT2D eigenvalue weighted by Gasteiger charge is 2.28. The van der Waals surface area contributed by atoms with Crippen LogP contribution in [0.3, 0.4) is 0 Å². The first-order valence-corrected chi connectivity index (χ1v) is 11.7. The number of amides is 2. The number of likely N-dealkylation sites (N-methyl/N-ethyl adjacent to an activating group) is 1. The lowest BCUT2D eigenvalue weighted by molar-refractivity contribution is -0.140. The van der Waals surface area contributed by atoms with Crippen molar-refractivity contribution in [3.63, 3.8) is 0 Å². The summed E-state index contributed by atoms with van der Waals surface area (Å²) in [7, 11) is -2.29. The largest absolute Gasteiger partial charge is 0.350 e. The molecule has 10 heteroatoms. The Kier molecular flexibility index (Phi) is 8.55. The van der Waals surface area contributed by atoms with Gasteiger partial charge in [0.25, 0.3) is 0 Å². The van der Waals surface area contributed by atoms with Crippen molar-refractivity contribution in [1.29, 1.82) is 0 Å². The zero-order valence-corrected chi connectivity index (χ0v) is 19.1. The molecule has 0 radical (unpaired) electrons. The van der Waals surface area contributed by atoms with Crippen LogP contribution in [0.2, 0.25) is 5.02 Å². The predicted octanol–water partition coefficient (Wildman–Crippen LogP) is 2.40. The predicted molar refractivity (Wildman–Crippen MR) is 117 cm³/mol. The second kappa shape index (κ2) is 10.7. The molecule has 0 fully saturated rings. The smallest absolute Gasteiger partial charge is 0.242 e. The third-order valence-electron chi connectivity index (χ3n) is 4.74. The monoisotopic (exact) mass is 469 g/mol. The lowest BCUT2D eigenvalue weighted by Gasteiger charge is -2.30. The van der Waals surface area contributed by atoms with E-state index in [4.69, 9.17) is 11.6 Å². The summed E-state index contributed by atoms with van der Waals surface area (Å²) in [6.07, 6.45) is 0.993. The van der Waals surface area contributed by atoms with Gasteiger partial charge in [-0.25, -0.2) is 12.8 Å². The number of rotatable bonds is 9. The number of hydrogen-bond acceptors (Lipinski definition) is 4. The average Bonchev–Trinajstić information content (AvgIpc) is 2.71. The normalized spacial score (nSPS) is 12.5. The zero-order chi connectivity index (χ0) is 23.2. The van der Waals surface area contributed by atoms with Gasteiger partial charge >= 0.3 is 0 Å². The van der Waals surface area contributed by atoms with Crippen molar-refractivity contribution in [1.82, 2.24) is 14.5 Å². The first-order chi connectivity index (χ1) is 14.5. The number of benzene rings is 2. The maximum atomic E-state index is 13.2. The third-order valence-corrected chi connectivity index (χ3v) is 6.25. The van der Waals surface area contributed by atoms with E-state index < -0.39 is 40.2 Å². The van der Waals surface area contributed by atoms with Crippen LogP contribution in [-0.4, -0.2) is 55.3 Å². The molecule has 0 spiro atoms. The van der Waals surface area contributed by atoms with Crippen LogP contribution in [0.25, 0.3) is 0 Å². The van der Waals surface area contributed by atoms with Crippen molar-refractivity contribution in [3.8, 4) is 0 Å². The minimum absolute atomic E-state index is 0.0201. The standard InChI is InChI=1S/C21H25ClFN3O4S/c1-15(21(28)24-12-16-4-8-18(22)9-5-16)26(13-17-6-10-19(23)11-7-17)20(27)14-25(2)31(3,29)30/h4-11,15H,12-14H2,1-3H3,(H,24,28)/t15-/m1/s1. The third kappa shape index (κ3) is 7.61. The SMILES string of the molecule is C[C@H](C(=O)NCc1ccc(Cl)cc1)N(Cc1ccc(F)cc1)C(=O)CN(C)S(C)(=O)=O. The van der Waals surface area contributed by atoms with E-state index in [0.29, 0.717) is 10.6 Å². The number of nitrogens with one attached hydrogen (secondary N) is 1. The summed E-state index contributed by atoms with van der Waals surface area (Å²) in [6.45, 7) is 1.39. The number of carbonyl (C=O) groups excluding carboxylic acids is 2. The minimum Gasteiger partial charge on any atom is -0.350 e. The van der Waals surface area contributed by atoms with Crippen LogP contribution in [0.1, 0.15) is 18.1 Å². The summed E-state index contributed by atoms with van der Waals surface area (Å²) < 4.78 is 37.5. The molecule has 0 aliphatic rings. The van der Waals surface area contributed by atoms with E-state index in [-0.39, 0.29) is 13.1 Å². The zero-order valence-electron chi connectivity index (χ0n) is 17.5. The first-order valence-electron chi connectivity index (χ1n) is 9.44. The van der Waals surface area contributed by atoms with Crippen LogP contribution >= 0.6 is 11.6 Å². The highest BCUT2D eigenvalue weighted by molar-refractivity contribution is 7.88. The van der Waals surface area contributed by atoms with Gasteiger partial charge in [-0.05, 0) is 42.3 Å². The van der Waals surface area contributed by atoms with E-state index in [1.165, 1.54) is 36.2 Å². The van der Waals surface area contributed by atoms with Gasteiger partial charge in [0.05, 0.1) is 12.8 Å². The summed E-state index contributed by atoms with van der Waals surface area (Å²) in [5.41, 5.74) is 1.44. The molecule has 0 aliphatic heterocycles. The maximum absolute atomic E-state index is 13.2. The van der Waals surface area contributed by atoms with Gasteiger partial charge in [0.1, 0.15) is 11.9 Å². The van der Waals surface area contributed by atoms with Crippen LogP contribution in [0.5, 0.6) is 0 Å². The van der Waals surface area contributed by atoms with Gasteiger partial charge in [-0.1, -0.05) is 35.9 Å². The number of sulfonamides is 1. The maximum Gasteiger partial charge on any atom is 0.242 e. The molecule has 1 N–H and O–H groups in total. The fourth-order valence-electron chi connectivity index (χ4n) is 2.71. The van der Waals surface area contributed by atoms with Gasteiger partial charge in [-0.2, -0.15) is 4.31 Å². The molecule has 2 amide bonds.